The highest BCUT2D eigenvalue weighted by Gasteiger charge is 2.43. The lowest BCUT2D eigenvalue weighted by Crippen LogP contribution is -2.53. The van der Waals surface area contributed by atoms with Gasteiger partial charge in [0.25, 0.3) is 0 Å². The molecule has 0 aliphatic carbocycles. The number of nitrogens with zero attached hydrogens (tertiary/aromatic N) is 1. The number of aliphatic hydroxyl groups excluding tert-OH is 1. The van der Waals surface area contributed by atoms with Gasteiger partial charge in [-0.15, -0.1) is 0 Å². The Morgan fingerprint density at radius 2 is 2.25 bits per heavy atom. The highest BCUT2D eigenvalue weighted by atomic mass is 19.1. The third-order valence-electron chi connectivity index (χ3n) is 4.54. The Morgan fingerprint density at radius 1 is 1.45 bits per heavy atom. The van der Waals surface area contributed by atoms with Crippen molar-refractivity contribution in [3.05, 3.63) is 35.6 Å². The van der Waals surface area contributed by atoms with Crippen LogP contribution in [0.5, 0.6) is 0 Å². The van der Waals surface area contributed by atoms with E-state index in [0.29, 0.717) is 19.1 Å². The summed E-state index contributed by atoms with van der Waals surface area (Å²) in [5, 5.41) is 9.60. The molecule has 2 saturated heterocycles. The molecule has 1 N–H and O–H groups in total. The van der Waals surface area contributed by atoms with Gasteiger partial charge in [0.1, 0.15) is 5.82 Å². The number of rotatable bonds is 4. The largest absolute Gasteiger partial charge is 0.396 e. The Morgan fingerprint density at radius 3 is 2.85 bits per heavy atom. The highest BCUT2D eigenvalue weighted by Crippen LogP contribution is 2.39. The van der Waals surface area contributed by atoms with E-state index >= 15 is 0 Å². The third-order valence-corrected chi connectivity index (χ3v) is 4.54. The van der Waals surface area contributed by atoms with Gasteiger partial charge in [-0.1, -0.05) is 19.1 Å². The molecule has 3 rings (SSSR count). The van der Waals surface area contributed by atoms with Gasteiger partial charge in [-0.3, -0.25) is 4.90 Å². The lowest BCUT2D eigenvalue weighted by Gasteiger charge is -2.43. The maximum absolute atomic E-state index is 13.4. The highest BCUT2D eigenvalue weighted by molar-refractivity contribution is 5.21. The molecule has 0 saturated carbocycles. The summed E-state index contributed by atoms with van der Waals surface area (Å²) < 4.78 is 18.7. The van der Waals surface area contributed by atoms with Crippen LogP contribution in [0.2, 0.25) is 0 Å². The summed E-state index contributed by atoms with van der Waals surface area (Å²) in [6, 6.07) is 7.16. The molecule has 0 aromatic heterocycles. The second-order valence-corrected chi connectivity index (χ2v) is 6.49. The van der Waals surface area contributed by atoms with Crippen LogP contribution >= 0.6 is 0 Å². The Kier molecular flexibility index (Phi) is 3.80. The molecule has 0 bridgehead atoms. The average Bonchev–Trinajstić information content (AvgIpc) is 2.75. The molecule has 0 amide bonds. The van der Waals surface area contributed by atoms with Crippen LogP contribution < -0.4 is 0 Å². The van der Waals surface area contributed by atoms with Crippen LogP contribution in [0.15, 0.2) is 24.3 Å². The normalized spacial score (nSPS) is 29.4. The number of ether oxygens (including phenoxy) is 1. The van der Waals surface area contributed by atoms with Crippen molar-refractivity contribution in [1.82, 2.24) is 4.90 Å². The van der Waals surface area contributed by atoms with E-state index in [9.17, 15) is 9.50 Å². The van der Waals surface area contributed by atoms with Crippen molar-refractivity contribution in [3.63, 3.8) is 0 Å². The summed E-state index contributed by atoms with van der Waals surface area (Å²) in [5.41, 5.74) is 0.929. The van der Waals surface area contributed by atoms with Crippen molar-refractivity contribution in [2.24, 2.45) is 11.3 Å². The average molecular weight is 279 g/mol. The van der Waals surface area contributed by atoms with Crippen molar-refractivity contribution in [1.29, 1.82) is 0 Å². The smallest absolute Gasteiger partial charge is 0.123 e. The topological polar surface area (TPSA) is 32.7 Å². The van der Waals surface area contributed by atoms with Crippen molar-refractivity contribution in [3.8, 4) is 0 Å². The molecule has 20 heavy (non-hydrogen) atoms. The van der Waals surface area contributed by atoms with Crippen LogP contribution in [-0.4, -0.2) is 42.9 Å². The van der Waals surface area contributed by atoms with E-state index < -0.39 is 0 Å². The summed E-state index contributed by atoms with van der Waals surface area (Å²) in [7, 11) is 0. The molecule has 2 atom stereocenters. The molecule has 1 aromatic carbocycles. The predicted octanol–water partition coefficient (Wildman–Crippen LogP) is 2.22. The molecule has 0 spiro atoms. The molecular formula is C16H22FNO2. The molecule has 2 aliphatic heterocycles. The van der Waals surface area contributed by atoms with Crippen LogP contribution in [0.4, 0.5) is 4.39 Å². The summed E-state index contributed by atoms with van der Waals surface area (Å²) >= 11 is 0. The fourth-order valence-electron chi connectivity index (χ4n) is 3.42. The lowest BCUT2D eigenvalue weighted by molar-refractivity contribution is -0.149. The molecule has 2 heterocycles. The number of aliphatic hydroxyl groups is 1. The van der Waals surface area contributed by atoms with Gasteiger partial charge in [-0.25, -0.2) is 4.39 Å². The number of hydrogen-bond acceptors (Lipinski definition) is 3. The van der Waals surface area contributed by atoms with E-state index in [2.05, 4.69) is 11.8 Å². The minimum absolute atomic E-state index is 0.115. The number of hydrogen-bond donors (Lipinski definition) is 1. The van der Waals surface area contributed by atoms with Gasteiger partial charge >= 0.3 is 0 Å². The minimum Gasteiger partial charge on any atom is -0.396 e. The molecule has 110 valence electrons. The van der Waals surface area contributed by atoms with Crippen molar-refractivity contribution >= 4 is 0 Å². The monoisotopic (exact) mass is 279 g/mol. The number of benzene rings is 1. The molecule has 2 fully saturated rings. The fraction of sp³-hybridized carbons (Fsp3) is 0.625. The van der Waals surface area contributed by atoms with Crippen molar-refractivity contribution < 1.29 is 14.2 Å². The van der Waals surface area contributed by atoms with Gasteiger partial charge in [0.05, 0.1) is 25.2 Å². The van der Waals surface area contributed by atoms with Crippen LogP contribution in [-0.2, 0) is 4.74 Å². The lowest BCUT2D eigenvalue weighted by atomic mass is 9.86. The third kappa shape index (κ3) is 2.60. The number of halogens is 1. The van der Waals surface area contributed by atoms with E-state index in [1.165, 1.54) is 6.07 Å². The van der Waals surface area contributed by atoms with Gasteiger partial charge in [0, 0.05) is 19.1 Å². The van der Waals surface area contributed by atoms with Crippen molar-refractivity contribution in [2.75, 3.05) is 32.9 Å². The van der Waals surface area contributed by atoms with Crippen LogP contribution in [0.25, 0.3) is 0 Å². The summed E-state index contributed by atoms with van der Waals surface area (Å²) in [6.07, 6.45) is 1.05. The molecule has 2 unspecified atom stereocenters. The Hall–Kier alpha value is -0.970. The molecule has 0 radical (unpaired) electrons. The SMILES string of the molecule is CC1CC(c2cccc(F)c2)N(CC2(CO)COC2)C1. The van der Waals surface area contributed by atoms with Crippen molar-refractivity contribution in [2.45, 2.75) is 19.4 Å². The first-order valence-corrected chi connectivity index (χ1v) is 7.30. The predicted molar refractivity (Wildman–Crippen MR) is 74.8 cm³/mol. The van der Waals surface area contributed by atoms with E-state index in [4.69, 9.17) is 4.74 Å². The van der Waals surface area contributed by atoms with E-state index in [1.54, 1.807) is 12.1 Å². The van der Waals surface area contributed by atoms with Gasteiger partial charge in [0.15, 0.2) is 0 Å². The Labute approximate surface area is 119 Å². The van der Waals surface area contributed by atoms with Gasteiger partial charge in [-0.05, 0) is 30.0 Å². The van der Waals surface area contributed by atoms with Crippen LogP contribution in [0, 0.1) is 17.2 Å². The second kappa shape index (κ2) is 5.43. The van der Waals surface area contributed by atoms with E-state index in [0.717, 1.165) is 25.1 Å². The molecular weight excluding hydrogens is 257 g/mol. The maximum Gasteiger partial charge on any atom is 0.123 e. The van der Waals surface area contributed by atoms with E-state index in [-0.39, 0.29) is 23.9 Å². The molecule has 4 heteroatoms. The minimum atomic E-state index is -0.175. The van der Waals surface area contributed by atoms with Gasteiger partial charge in [0.2, 0.25) is 0 Å². The first-order chi connectivity index (χ1) is 9.62. The van der Waals surface area contributed by atoms with Gasteiger partial charge < -0.3 is 9.84 Å². The zero-order chi connectivity index (χ0) is 14.2. The quantitative estimate of drug-likeness (QED) is 0.917. The Bertz CT molecular complexity index is 470. The zero-order valence-corrected chi connectivity index (χ0v) is 11.9. The maximum atomic E-state index is 13.4. The van der Waals surface area contributed by atoms with Gasteiger partial charge in [-0.2, -0.15) is 0 Å². The first-order valence-electron chi connectivity index (χ1n) is 7.30. The number of likely N-dealkylation sites (tertiary alicyclic amines) is 1. The van der Waals surface area contributed by atoms with E-state index in [1.807, 2.05) is 6.07 Å². The second-order valence-electron chi connectivity index (χ2n) is 6.49. The zero-order valence-electron chi connectivity index (χ0n) is 11.9. The molecule has 3 nitrogen and oxygen atoms in total. The molecule has 2 aliphatic rings. The summed E-state index contributed by atoms with van der Waals surface area (Å²) in [5.74, 6) is 0.422. The summed E-state index contributed by atoms with van der Waals surface area (Å²) in [6.45, 7) is 5.48. The Balaban J connectivity index is 1.78. The van der Waals surface area contributed by atoms with Crippen LogP contribution in [0.1, 0.15) is 24.9 Å². The fourth-order valence-corrected chi connectivity index (χ4v) is 3.42. The standard InChI is InChI=1S/C16H22FNO2/c1-12-5-15(13-3-2-4-14(17)6-13)18(7-12)8-16(9-19)10-20-11-16/h2-4,6,12,15,19H,5,7-11H2,1H3. The summed E-state index contributed by atoms with van der Waals surface area (Å²) in [4.78, 5) is 2.39. The molecule has 1 aromatic rings. The van der Waals surface area contributed by atoms with Crippen LogP contribution in [0.3, 0.4) is 0 Å². The first kappa shape index (κ1) is 14.0.